The molecule has 3 aromatic rings. The highest BCUT2D eigenvalue weighted by atomic mass is 16.5. The molecule has 0 amide bonds. The van der Waals surface area contributed by atoms with Crippen molar-refractivity contribution in [3.05, 3.63) is 36.5 Å². The Morgan fingerprint density at radius 3 is 2.35 bits per heavy atom. The van der Waals surface area contributed by atoms with Crippen LogP contribution in [0.3, 0.4) is 0 Å². The van der Waals surface area contributed by atoms with Crippen LogP contribution in [0.25, 0.3) is 22.2 Å². The zero-order valence-corrected chi connectivity index (χ0v) is 11.3. The van der Waals surface area contributed by atoms with Gasteiger partial charge < -0.3 is 20.2 Å². The van der Waals surface area contributed by atoms with Crippen molar-refractivity contribution in [2.24, 2.45) is 0 Å². The largest absolute Gasteiger partial charge is 0.497 e. The number of methoxy groups -OCH3 is 2. The first-order valence-corrected chi connectivity index (χ1v) is 6.18. The van der Waals surface area contributed by atoms with Crippen molar-refractivity contribution in [2.45, 2.75) is 0 Å². The van der Waals surface area contributed by atoms with Crippen LogP contribution in [0.1, 0.15) is 0 Å². The molecular weight excluding hydrogens is 254 g/mol. The molecule has 0 atom stereocenters. The van der Waals surface area contributed by atoms with E-state index < -0.39 is 0 Å². The molecule has 0 fully saturated rings. The van der Waals surface area contributed by atoms with Crippen LogP contribution >= 0.6 is 0 Å². The molecule has 0 unspecified atom stereocenters. The highest BCUT2D eigenvalue weighted by molar-refractivity contribution is 5.93. The van der Waals surface area contributed by atoms with Crippen LogP contribution in [0.5, 0.6) is 11.5 Å². The number of aromatic amines is 1. The lowest BCUT2D eigenvalue weighted by Gasteiger charge is -2.07. The van der Waals surface area contributed by atoms with Crippen molar-refractivity contribution >= 4 is 16.7 Å². The van der Waals surface area contributed by atoms with Crippen LogP contribution in [0, 0.1) is 0 Å². The molecule has 3 N–H and O–H groups in total. The van der Waals surface area contributed by atoms with E-state index in [1.165, 1.54) is 0 Å². The van der Waals surface area contributed by atoms with E-state index in [0.717, 1.165) is 33.7 Å². The Kier molecular flexibility index (Phi) is 2.95. The van der Waals surface area contributed by atoms with Gasteiger partial charge in [-0.15, -0.1) is 0 Å². The Hall–Kier alpha value is -2.69. The molecule has 0 aliphatic heterocycles. The van der Waals surface area contributed by atoms with E-state index >= 15 is 0 Å². The van der Waals surface area contributed by atoms with Crippen LogP contribution < -0.4 is 15.2 Å². The van der Waals surface area contributed by atoms with E-state index in [1.807, 2.05) is 30.3 Å². The highest BCUT2D eigenvalue weighted by Gasteiger charge is 2.09. The molecule has 1 aromatic carbocycles. The summed E-state index contributed by atoms with van der Waals surface area (Å²) in [6.07, 6.45) is 1.68. The predicted molar refractivity (Wildman–Crippen MR) is 79.0 cm³/mol. The maximum absolute atomic E-state index is 5.88. The smallest absolute Gasteiger partial charge is 0.132 e. The van der Waals surface area contributed by atoms with Gasteiger partial charge in [0, 0.05) is 28.9 Å². The van der Waals surface area contributed by atoms with Gasteiger partial charge in [-0.25, -0.2) is 4.98 Å². The Labute approximate surface area is 116 Å². The Morgan fingerprint density at radius 2 is 1.75 bits per heavy atom. The lowest BCUT2D eigenvalue weighted by molar-refractivity contribution is 0.394. The number of hydrogen-bond donors (Lipinski definition) is 2. The third-order valence-electron chi connectivity index (χ3n) is 3.24. The molecule has 0 aliphatic carbocycles. The zero-order valence-electron chi connectivity index (χ0n) is 11.3. The molecule has 2 heterocycles. The second-order valence-corrected chi connectivity index (χ2v) is 4.44. The van der Waals surface area contributed by atoms with Crippen LogP contribution in [0.2, 0.25) is 0 Å². The van der Waals surface area contributed by atoms with E-state index in [0.29, 0.717) is 5.82 Å². The number of H-pyrrole nitrogens is 1. The number of nitrogens with two attached hydrogens (primary N) is 1. The van der Waals surface area contributed by atoms with Gasteiger partial charge in [-0.2, -0.15) is 0 Å². The molecule has 0 aliphatic rings. The third-order valence-corrected chi connectivity index (χ3v) is 3.24. The minimum Gasteiger partial charge on any atom is -0.497 e. The fourth-order valence-corrected chi connectivity index (χ4v) is 2.19. The minimum atomic E-state index is 0.514. The molecule has 2 aromatic heterocycles. The maximum Gasteiger partial charge on any atom is 0.132 e. The predicted octanol–water partition coefficient (Wildman–Crippen LogP) is 2.83. The van der Waals surface area contributed by atoms with Gasteiger partial charge in [-0.3, -0.25) is 0 Å². The van der Waals surface area contributed by atoms with Crippen molar-refractivity contribution in [3.63, 3.8) is 0 Å². The molecule has 20 heavy (non-hydrogen) atoms. The number of benzene rings is 1. The van der Waals surface area contributed by atoms with E-state index in [2.05, 4.69) is 9.97 Å². The number of ether oxygens (including phenoxy) is 2. The van der Waals surface area contributed by atoms with Gasteiger partial charge in [0.2, 0.25) is 0 Å². The van der Waals surface area contributed by atoms with Crippen LogP contribution in [-0.2, 0) is 0 Å². The summed E-state index contributed by atoms with van der Waals surface area (Å²) >= 11 is 0. The number of pyridine rings is 1. The third kappa shape index (κ3) is 2.03. The average Bonchev–Trinajstić information content (AvgIpc) is 2.92. The average molecular weight is 269 g/mol. The Balaban J connectivity index is 2.17. The van der Waals surface area contributed by atoms with Gasteiger partial charge >= 0.3 is 0 Å². The number of fused-ring (bicyclic) bond motifs is 1. The summed E-state index contributed by atoms with van der Waals surface area (Å²) in [7, 11) is 3.26. The lowest BCUT2D eigenvalue weighted by atomic mass is 10.1. The zero-order chi connectivity index (χ0) is 14.1. The number of nitrogens with one attached hydrogen (secondary N) is 1. The number of nitrogen functional groups attached to an aromatic ring is 1. The summed E-state index contributed by atoms with van der Waals surface area (Å²) in [6.45, 7) is 0. The number of nitrogens with zero attached hydrogens (tertiary/aromatic N) is 1. The molecule has 102 valence electrons. The Morgan fingerprint density at radius 1 is 1.05 bits per heavy atom. The summed E-state index contributed by atoms with van der Waals surface area (Å²) in [5.41, 5.74) is 8.74. The monoisotopic (exact) mass is 269 g/mol. The van der Waals surface area contributed by atoms with Gasteiger partial charge in [0.1, 0.15) is 17.3 Å². The first-order chi connectivity index (χ1) is 9.71. The number of rotatable bonds is 3. The molecule has 3 rings (SSSR count). The van der Waals surface area contributed by atoms with E-state index in [4.69, 9.17) is 15.2 Å². The van der Waals surface area contributed by atoms with Gasteiger partial charge in [0.05, 0.1) is 19.7 Å². The van der Waals surface area contributed by atoms with Crippen molar-refractivity contribution < 1.29 is 9.47 Å². The van der Waals surface area contributed by atoms with Crippen molar-refractivity contribution in [2.75, 3.05) is 20.0 Å². The second-order valence-electron chi connectivity index (χ2n) is 4.44. The maximum atomic E-state index is 5.88. The van der Waals surface area contributed by atoms with Gasteiger partial charge in [-0.1, -0.05) is 0 Å². The summed E-state index contributed by atoms with van der Waals surface area (Å²) in [5.74, 6) is 1.99. The second kappa shape index (κ2) is 4.77. The fourth-order valence-electron chi connectivity index (χ4n) is 2.19. The van der Waals surface area contributed by atoms with Crippen LogP contribution in [0.15, 0.2) is 36.5 Å². The van der Waals surface area contributed by atoms with E-state index in [9.17, 15) is 0 Å². The Bertz CT molecular complexity index is 743. The molecule has 5 nitrogen and oxygen atoms in total. The summed E-state index contributed by atoms with van der Waals surface area (Å²) in [4.78, 5) is 7.41. The minimum absolute atomic E-state index is 0.514. The first-order valence-electron chi connectivity index (χ1n) is 6.18. The summed E-state index contributed by atoms with van der Waals surface area (Å²) in [6, 6.07) is 9.59. The van der Waals surface area contributed by atoms with Gasteiger partial charge in [-0.05, 0) is 24.3 Å². The van der Waals surface area contributed by atoms with Crippen LogP contribution in [0.4, 0.5) is 5.82 Å². The SMILES string of the molecule is COc1cc(OC)cc(-c2cc3c(N)nccc3[nH]2)c1. The molecule has 0 radical (unpaired) electrons. The quantitative estimate of drug-likeness (QED) is 0.766. The van der Waals surface area contributed by atoms with Crippen LogP contribution in [-0.4, -0.2) is 24.2 Å². The fraction of sp³-hybridized carbons (Fsp3) is 0.133. The molecule has 0 saturated heterocycles. The summed E-state index contributed by atoms with van der Waals surface area (Å²) in [5, 5.41) is 0.907. The topological polar surface area (TPSA) is 73.2 Å². The lowest BCUT2D eigenvalue weighted by Crippen LogP contribution is -1.88. The number of aromatic nitrogens is 2. The molecule has 5 heteroatoms. The number of hydrogen-bond acceptors (Lipinski definition) is 4. The standard InChI is InChI=1S/C15H15N3O2/c1-19-10-5-9(6-11(7-10)20-2)14-8-12-13(18-14)3-4-17-15(12)16/h3-8,18H,1-2H3,(H2,16,17). The van der Waals surface area contributed by atoms with Gasteiger partial charge in [0.25, 0.3) is 0 Å². The molecule has 0 spiro atoms. The number of anilines is 1. The van der Waals surface area contributed by atoms with E-state index in [1.54, 1.807) is 20.4 Å². The van der Waals surface area contributed by atoms with E-state index in [-0.39, 0.29) is 0 Å². The van der Waals surface area contributed by atoms with Gasteiger partial charge in [0.15, 0.2) is 0 Å². The normalized spacial score (nSPS) is 10.7. The van der Waals surface area contributed by atoms with Crippen molar-refractivity contribution in [3.8, 4) is 22.8 Å². The first kappa shape index (κ1) is 12.3. The highest BCUT2D eigenvalue weighted by Crippen LogP contribution is 2.32. The molecular formula is C15H15N3O2. The summed E-state index contributed by atoms with van der Waals surface area (Å²) < 4.78 is 10.6. The van der Waals surface area contributed by atoms with Crippen molar-refractivity contribution in [1.29, 1.82) is 0 Å². The molecule has 0 saturated carbocycles. The van der Waals surface area contributed by atoms with Crippen molar-refractivity contribution in [1.82, 2.24) is 9.97 Å². The molecule has 0 bridgehead atoms.